The van der Waals surface area contributed by atoms with Gasteiger partial charge in [-0.3, -0.25) is 9.67 Å². The number of nitrogens with zero attached hydrogens (tertiary/aromatic N) is 4. The fourth-order valence-corrected chi connectivity index (χ4v) is 2.44. The lowest BCUT2D eigenvalue weighted by Crippen LogP contribution is -2.46. The fraction of sp³-hybridized carbons (Fsp3) is 0.778. The third-order valence-corrected chi connectivity index (χ3v) is 4.73. The Balaban J connectivity index is 0.00000576. The van der Waals surface area contributed by atoms with Gasteiger partial charge in [0.2, 0.25) is 0 Å². The van der Waals surface area contributed by atoms with E-state index in [1.807, 2.05) is 11.7 Å². The molecule has 0 spiro atoms. The van der Waals surface area contributed by atoms with E-state index in [-0.39, 0.29) is 35.6 Å². The quantitative estimate of drug-likeness (QED) is 0.370. The molecule has 25 heavy (non-hydrogen) atoms. The molecule has 7 heteroatoms. The van der Waals surface area contributed by atoms with Crippen LogP contribution in [0.5, 0.6) is 0 Å². The van der Waals surface area contributed by atoms with Crippen molar-refractivity contribution in [3.8, 4) is 0 Å². The molecule has 0 aliphatic carbocycles. The van der Waals surface area contributed by atoms with Gasteiger partial charge < -0.3 is 15.5 Å². The summed E-state index contributed by atoms with van der Waals surface area (Å²) in [5, 5.41) is 11.4. The second-order valence-corrected chi connectivity index (χ2v) is 7.42. The molecule has 1 rings (SSSR count). The van der Waals surface area contributed by atoms with Crippen molar-refractivity contribution < 1.29 is 0 Å². The number of aryl methyl sites for hydroxylation is 2. The maximum absolute atomic E-state index is 4.77. The normalized spacial score (nSPS) is 13.6. The van der Waals surface area contributed by atoms with Crippen LogP contribution in [-0.4, -0.2) is 59.4 Å². The zero-order chi connectivity index (χ0) is 18.5. The van der Waals surface area contributed by atoms with Crippen LogP contribution in [0, 0.1) is 13.8 Å². The molecule has 0 aliphatic rings. The highest BCUT2D eigenvalue weighted by Crippen LogP contribution is 2.14. The Morgan fingerprint density at radius 1 is 1.32 bits per heavy atom. The SMILES string of the molecule is CCNC(=NCC(C)(C)N(C)C)NC(C)Cc1c(C)nn(C)c1C.I. The molecule has 1 unspecified atom stereocenters. The number of hydrogen-bond donors (Lipinski definition) is 2. The molecule has 2 N–H and O–H groups in total. The van der Waals surface area contributed by atoms with Gasteiger partial charge in [-0.2, -0.15) is 5.10 Å². The number of likely N-dealkylation sites (N-methyl/N-ethyl adjacent to an activating group) is 1. The molecule has 0 radical (unpaired) electrons. The second-order valence-electron chi connectivity index (χ2n) is 7.42. The van der Waals surface area contributed by atoms with Gasteiger partial charge in [0.25, 0.3) is 0 Å². The molecule has 0 saturated heterocycles. The van der Waals surface area contributed by atoms with Crippen LogP contribution in [0.25, 0.3) is 0 Å². The summed E-state index contributed by atoms with van der Waals surface area (Å²) in [6.07, 6.45) is 0.937. The largest absolute Gasteiger partial charge is 0.357 e. The first-order chi connectivity index (χ1) is 11.1. The Morgan fingerprint density at radius 2 is 1.92 bits per heavy atom. The number of aromatic nitrogens is 2. The second kappa shape index (κ2) is 10.4. The van der Waals surface area contributed by atoms with E-state index in [2.05, 4.69) is 76.3 Å². The summed E-state index contributed by atoms with van der Waals surface area (Å²) in [4.78, 5) is 6.97. The summed E-state index contributed by atoms with van der Waals surface area (Å²) >= 11 is 0. The van der Waals surface area contributed by atoms with Crippen molar-refractivity contribution in [2.45, 2.75) is 59.5 Å². The molecule has 0 aliphatic heterocycles. The van der Waals surface area contributed by atoms with Crippen LogP contribution in [0.4, 0.5) is 0 Å². The van der Waals surface area contributed by atoms with Gasteiger partial charge in [0.1, 0.15) is 0 Å². The van der Waals surface area contributed by atoms with Crippen molar-refractivity contribution in [1.82, 2.24) is 25.3 Å². The molecule has 0 fully saturated rings. The third-order valence-electron chi connectivity index (χ3n) is 4.73. The summed E-state index contributed by atoms with van der Waals surface area (Å²) in [6, 6.07) is 0.284. The van der Waals surface area contributed by atoms with Crippen molar-refractivity contribution in [3.05, 3.63) is 17.0 Å². The molecule has 0 amide bonds. The smallest absolute Gasteiger partial charge is 0.191 e. The number of rotatable bonds is 7. The summed E-state index contributed by atoms with van der Waals surface area (Å²) in [5.41, 5.74) is 3.69. The summed E-state index contributed by atoms with van der Waals surface area (Å²) in [7, 11) is 6.18. The van der Waals surface area contributed by atoms with E-state index < -0.39 is 0 Å². The van der Waals surface area contributed by atoms with Crippen molar-refractivity contribution in [3.63, 3.8) is 0 Å². The molecular weight excluding hydrogens is 427 g/mol. The molecule has 146 valence electrons. The first kappa shape index (κ1) is 24.2. The first-order valence-electron chi connectivity index (χ1n) is 8.79. The van der Waals surface area contributed by atoms with Gasteiger partial charge in [-0.25, -0.2) is 0 Å². The van der Waals surface area contributed by atoms with E-state index in [0.717, 1.165) is 31.2 Å². The zero-order valence-electron chi connectivity index (χ0n) is 17.4. The lowest BCUT2D eigenvalue weighted by atomic mass is 10.0. The van der Waals surface area contributed by atoms with E-state index in [4.69, 9.17) is 4.99 Å². The predicted octanol–water partition coefficient (Wildman–Crippen LogP) is 2.48. The minimum absolute atomic E-state index is 0. The van der Waals surface area contributed by atoms with Crippen molar-refractivity contribution in [2.75, 3.05) is 27.2 Å². The fourth-order valence-electron chi connectivity index (χ4n) is 2.44. The number of guanidine groups is 1. The van der Waals surface area contributed by atoms with Crippen LogP contribution in [0.1, 0.15) is 44.6 Å². The van der Waals surface area contributed by atoms with Crippen LogP contribution >= 0.6 is 24.0 Å². The number of hydrogen-bond acceptors (Lipinski definition) is 3. The molecule has 0 aromatic carbocycles. The lowest BCUT2D eigenvalue weighted by molar-refractivity contribution is 0.204. The van der Waals surface area contributed by atoms with Crippen LogP contribution in [-0.2, 0) is 13.5 Å². The zero-order valence-corrected chi connectivity index (χ0v) is 19.7. The van der Waals surface area contributed by atoms with Gasteiger partial charge in [0.15, 0.2) is 5.96 Å². The molecule has 1 aromatic heterocycles. The van der Waals surface area contributed by atoms with E-state index in [1.54, 1.807) is 0 Å². The van der Waals surface area contributed by atoms with E-state index >= 15 is 0 Å². The average Bonchev–Trinajstić information content (AvgIpc) is 2.71. The summed E-state index contributed by atoms with van der Waals surface area (Å²) in [5.74, 6) is 0.874. The predicted molar refractivity (Wildman–Crippen MR) is 118 cm³/mol. The lowest BCUT2D eigenvalue weighted by Gasteiger charge is -2.31. The highest BCUT2D eigenvalue weighted by Gasteiger charge is 2.20. The topological polar surface area (TPSA) is 57.5 Å². The minimum Gasteiger partial charge on any atom is -0.357 e. The van der Waals surface area contributed by atoms with E-state index in [0.29, 0.717) is 0 Å². The molecule has 1 heterocycles. The Labute approximate surface area is 170 Å². The Morgan fingerprint density at radius 3 is 2.36 bits per heavy atom. The molecule has 6 nitrogen and oxygen atoms in total. The minimum atomic E-state index is 0. The van der Waals surface area contributed by atoms with Gasteiger partial charge >= 0.3 is 0 Å². The van der Waals surface area contributed by atoms with Crippen LogP contribution < -0.4 is 10.6 Å². The van der Waals surface area contributed by atoms with Gasteiger partial charge in [-0.05, 0) is 67.6 Å². The van der Waals surface area contributed by atoms with Crippen molar-refractivity contribution in [1.29, 1.82) is 0 Å². The average molecular weight is 464 g/mol. The first-order valence-corrected chi connectivity index (χ1v) is 8.79. The Bertz CT molecular complexity index is 562. The van der Waals surface area contributed by atoms with Gasteiger partial charge in [-0.1, -0.05) is 0 Å². The number of aliphatic imine (C=N–C) groups is 1. The third kappa shape index (κ3) is 7.13. The van der Waals surface area contributed by atoms with Gasteiger partial charge in [-0.15, -0.1) is 24.0 Å². The monoisotopic (exact) mass is 464 g/mol. The van der Waals surface area contributed by atoms with Crippen molar-refractivity contribution in [2.24, 2.45) is 12.0 Å². The molecule has 0 saturated carbocycles. The highest BCUT2D eigenvalue weighted by molar-refractivity contribution is 14.0. The van der Waals surface area contributed by atoms with Gasteiger partial charge in [0, 0.05) is 30.9 Å². The molecular formula is C18H37IN6. The Hall–Kier alpha value is -0.830. The number of halogens is 1. The molecule has 1 aromatic rings. The van der Waals surface area contributed by atoms with Crippen LogP contribution in [0.15, 0.2) is 4.99 Å². The maximum Gasteiger partial charge on any atom is 0.191 e. The van der Waals surface area contributed by atoms with Crippen molar-refractivity contribution >= 4 is 29.9 Å². The van der Waals surface area contributed by atoms with E-state index in [9.17, 15) is 0 Å². The standard InChI is InChI=1S/C18H36N6.HI/c1-10-19-17(20-12-18(5,6)23(7)8)21-13(2)11-16-14(3)22-24(9)15(16)4;/h13H,10-12H2,1-9H3,(H2,19,20,21);1H. The Kier molecular flexibility index (Phi) is 10.0. The summed E-state index contributed by atoms with van der Waals surface area (Å²) < 4.78 is 1.95. The van der Waals surface area contributed by atoms with Crippen LogP contribution in [0.2, 0.25) is 0 Å². The summed E-state index contributed by atoms with van der Waals surface area (Å²) in [6.45, 7) is 14.5. The molecule has 0 bridgehead atoms. The number of nitrogens with one attached hydrogen (secondary N) is 2. The highest BCUT2D eigenvalue weighted by atomic mass is 127. The van der Waals surface area contributed by atoms with Gasteiger partial charge in [0.05, 0.1) is 12.2 Å². The van der Waals surface area contributed by atoms with Crippen LogP contribution in [0.3, 0.4) is 0 Å². The maximum atomic E-state index is 4.77. The molecule has 1 atom stereocenters. The van der Waals surface area contributed by atoms with E-state index in [1.165, 1.54) is 11.3 Å².